The Kier molecular flexibility index (Phi) is 6.35. The van der Waals surface area contributed by atoms with E-state index in [0.29, 0.717) is 5.92 Å². The molecule has 0 rings (SSSR count). The Morgan fingerprint density at radius 1 is 1.50 bits per heavy atom. The molecule has 1 unspecified atom stereocenters. The molecule has 0 fully saturated rings. The summed E-state index contributed by atoms with van der Waals surface area (Å²) in [6, 6.07) is 0. The van der Waals surface area contributed by atoms with Crippen LogP contribution in [0.1, 0.15) is 33.6 Å². The second-order valence-corrected chi connectivity index (χ2v) is 2.86. The summed E-state index contributed by atoms with van der Waals surface area (Å²) < 4.78 is 0. The molecule has 0 aromatic carbocycles. The van der Waals surface area contributed by atoms with Gasteiger partial charge in [-0.1, -0.05) is 39.5 Å². The summed E-state index contributed by atoms with van der Waals surface area (Å²) in [4.78, 5) is 4.32. The number of hydrogen-bond donors (Lipinski definition) is 0. The molecule has 0 bridgehead atoms. The fraction of sp³-hybridized carbons (Fsp3) is 0.545. The van der Waals surface area contributed by atoms with Crippen LogP contribution in [0.15, 0.2) is 29.4 Å². The van der Waals surface area contributed by atoms with Crippen LogP contribution in [0.3, 0.4) is 0 Å². The average molecular weight is 165 g/mol. The Morgan fingerprint density at radius 2 is 2.17 bits per heavy atom. The van der Waals surface area contributed by atoms with E-state index < -0.39 is 0 Å². The molecule has 0 aromatic rings. The van der Waals surface area contributed by atoms with Gasteiger partial charge in [-0.3, -0.25) is 4.99 Å². The van der Waals surface area contributed by atoms with Crippen molar-refractivity contribution in [3.8, 4) is 0 Å². The van der Waals surface area contributed by atoms with Crippen LogP contribution in [0.25, 0.3) is 0 Å². The number of hydrogen-bond acceptors (Lipinski definition) is 1. The monoisotopic (exact) mass is 165 g/mol. The van der Waals surface area contributed by atoms with Crippen LogP contribution in [0.4, 0.5) is 0 Å². The van der Waals surface area contributed by atoms with Crippen molar-refractivity contribution in [3.63, 3.8) is 0 Å². The van der Waals surface area contributed by atoms with E-state index in [0.717, 1.165) is 12.8 Å². The van der Waals surface area contributed by atoms with Crippen molar-refractivity contribution in [3.05, 3.63) is 24.4 Å². The molecular weight excluding hydrogens is 146 g/mol. The molecule has 0 saturated heterocycles. The molecule has 0 heterocycles. The fourth-order valence-electron chi connectivity index (χ4n) is 0.938. The quantitative estimate of drug-likeness (QED) is 0.552. The second kappa shape index (κ2) is 6.84. The highest BCUT2D eigenvalue weighted by molar-refractivity contribution is 5.71. The van der Waals surface area contributed by atoms with Crippen LogP contribution in [0.5, 0.6) is 0 Å². The molecule has 0 saturated carbocycles. The van der Waals surface area contributed by atoms with Crippen LogP contribution in [0, 0.1) is 5.92 Å². The van der Waals surface area contributed by atoms with Crippen molar-refractivity contribution in [2.75, 3.05) is 0 Å². The summed E-state index contributed by atoms with van der Waals surface area (Å²) in [6.45, 7) is 10.1. The van der Waals surface area contributed by atoms with E-state index in [4.69, 9.17) is 0 Å². The fourth-order valence-corrected chi connectivity index (χ4v) is 0.938. The Hall–Kier alpha value is -0.850. The molecule has 1 atom stereocenters. The van der Waals surface area contributed by atoms with Crippen LogP contribution >= 0.6 is 0 Å². The minimum Gasteiger partial charge on any atom is -0.261 e. The van der Waals surface area contributed by atoms with Gasteiger partial charge in [0.1, 0.15) is 0 Å². The summed E-state index contributed by atoms with van der Waals surface area (Å²) >= 11 is 0. The largest absolute Gasteiger partial charge is 0.261 e. The standard InChI is InChI=1S/C11H19N/c1-5-8-11(10(4)7-3)12-9-6-2/h6,8-10H,2,5,7H2,1,3-4H3/b11-8-,12-9-. The van der Waals surface area contributed by atoms with Gasteiger partial charge >= 0.3 is 0 Å². The highest BCUT2D eigenvalue weighted by Crippen LogP contribution is 2.15. The third-order valence-electron chi connectivity index (χ3n) is 1.86. The Labute approximate surface area is 75.9 Å². The van der Waals surface area contributed by atoms with Gasteiger partial charge < -0.3 is 0 Å². The van der Waals surface area contributed by atoms with E-state index >= 15 is 0 Å². The highest BCUT2D eigenvalue weighted by atomic mass is 14.7. The first-order valence-corrected chi connectivity index (χ1v) is 4.61. The molecule has 0 radical (unpaired) electrons. The zero-order valence-corrected chi connectivity index (χ0v) is 8.38. The van der Waals surface area contributed by atoms with Gasteiger partial charge in [0, 0.05) is 11.9 Å². The highest BCUT2D eigenvalue weighted by Gasteiger charge is 2.02. The third kappa shape index (κ3) is 4.12. The Balaban J connectivity index is 4.32. The van der Waals surface area contributed by atoms with Gasteiger partial charge in [-0.25, -0.2) is 0 Å². The molecule has 68 valence electrons. The smallest absolute Gasteiger partial charge is 0.0391 e. The first-order valence-electron chi connectivity index (χ1n) is 4.61. The number of aliphatic imine (C=N–C) groups is 1. The van der Waals surface area contributed by atoms with Crippen LogP contribution < -0.4 is 0 Å². The summed E-state index contributed by atoms with van der Waals surface area (Å²) in [7, 11) is 0. The molecule has 0 aromatic heterocycles. The number of nitrogens with zero attached hydrogens (tertiary/aromatic N) is 1. The van der Waals surface area contributed by atoms with Crippen molar-refractivity contribution in [2.24, 2.45) is 10.9 Å². The molecule has 0 aliphatic carbocycles. The molecular formula is C11H19N. The Morgan fingerprint density at radius 3 is 2.58 bits per heavy atom. The van der Waals surface area contributed by atoms with Crippen molar-refractivity contribution < 1.29 is 0 Å². The molecule has 1 nitrogen and oxygen atoms in total. The summed E-state index contributed by atoms with van der Waals surface area (Å²) in [5.74, 6) is 0.557. The summed E-state index contributed by atoms with van der Waals surface area (Å²) in [5.41, 5.74) is 1.18. The number of allylic oxidation sites excluding steroid dienone is 3. The zero-order chi connectivity index (χ0) is 9.40. The second-order valence-electron chi connectivity index (χ2n) is 2.86. The van der Waals surface area contributed by atoms with E-state index in [1.807, 2.05) is 0 Å². The third-order valence-corrected chi connectivity index (χ3v) is 1.86. The summed E-state index contributed by atoms with van der Waals surface area (Å²) in [6.07, 6.45) is 7.84. The van der Waals surface area contributed by atoms with E-state index in [2.05, 4.69) is 38.4 Å². The van der Waals surface area contributed by atoms with Crippen molar-refractivity contribution in [1.82, 2.24) is 0 Å². The molecule has 0 aliphatic heterocycles. The zero-order valence-electron chi connectivity index (χ0n) is 8.38. The van der Waals surface area contributed by atoms with Crippen molar-refractivity contribution >= 4 is 6.21 Å². The minimum absolute atomic E-state index is 0.557. The van der Waals surface area contributed by atoms with Crippen molar-refractivity contribution in [2.45, 2.75) is 33.6 Å². The molecule has 0 aliphatic rings. The van der Waals surface area contributed by atoms with E-state index in [9.17, 15) is 0 Å². The maximum Gasteiger partial charge on any atom is 0.0391 e. The lowest BCUT2D eigenvalue weighted by molar-refractivity contribution is 0.646. The van der Waals surface area contributed by atoms with Gasteiger partial charge in [-0.05, 0) is 18.8 Å². The molecule has 0 amide bonds. The van der Waals surface area contributed by atoms with Crippen LogP contribution in [0.2, 0.25) is 0 Å². The lowest BCUT2D eigenvalue weighted by Gasteiger charge is -2.08. The first-order chi connectivity index (χ1) is 5.76. The minimum atomic E-state index is 0.557. The van der Waals surface area contributed by atoms with Crippen LogP contribution in [-0.2, 0) is 0 Å². The maximum absolute atomic E-state index is 4.32. The molecule has 0 N–H and O–H groups in total. The predicted molar refractivity (Wildman–Crippen MR) is 56.5 cm³/mol. The van der Waals surface area contributed by atoms with E-state index in [1.54, 1.807) is 12.3 Å². The van der Waals surface area contributed by atoms with Crippen LogP contribution in [-0.4, -0.2) is 6.21 Å². The molecule has 12 heavy (non-hydrogen) atoms. The van der Waals surface area contributed by atoms with Gasteiger partial charge in [0.2, 0.25) is 0 Å². The topological polar surface area (TPSA) is 12.4 Å². The van der Waals surface area contributed by atoms with Gasteiger partial charge in [0.15, 0.2) is 0 Å². The lowest BCUT2D eigenvalue weighted by Crippen LogP contribution is -1.95. The first kappa shape index (κ1) is 11.2. The van der Waals surface area contributed by atoms with Gasteiger partial charge in [0.05, 0.1) is 0 Å². The van der Waals surface area contributed by atoms with E-state index in [1.165, 1.54) is 5.70 Å². The number of rotatable bonds is 5. The predicted octanol–water partition coefficient (Wildman–Crippen LogP) is 3.58. The Bertz CT molecular complexity index is 177. The maximum atomic E-state index is 4.32. The van der Waals surface area contributed by atoms with Gasteiger partial charge in [0.25, 0.3) is 0 Å². The van der Waals surface area contributed by atoms with Crippen molar-refractivity contribution in [1.29, 1.82) is 0 Å². The van der Waals surface area contributed by atoms with Gasteiger partial charge in [-0.2, -0.15) is 0 Å². The average Bonchev–Trinajstić information content (AvgIpc) is 2.11. The molecule has 1 heteroatoms. The lowest BCUT2D eigenvalue weighted by atomic mass is 10.0. The summed E-state index contributed by atoms with van der Waals surface area (Å²) in [5, 5.41) is 0. The van der Waals surface area contributed by atoms with Gasteiger partial charge in [-0.15, -0.1) is 0 Å². The van der Waals surface area contributed by atoms with E-state index in [-0.39, 0.29) is 0 Å². The molecule has 0 spiro atoms. The normalized spacial score (nSPS) is 15.1. The SMILES string of the molecule is C=C/C=N\C(=C/CC)C(C)CC.